The molecule has 0 bridgehead atoms. The van der Waals surface area contributed by atoms with Crippen molar-refractivity contribution in [2.24, 2.45) is 0 Å². The second kappa shape index (κ2) is 5.07. The smallest absolute Gasteiger partial charge is 0.326 e. The van der Waals surface area contributed by atoms with Crippen LogP contribution in [0.1, 0.15) is 19.3 Å². The summed E-state index contributed by atoms with van der Waals surface area (Å²) < 4.78 is 13.5. The second-order valence-corrected chi connectivity index (χ2v) is 5.03. The van der Waals surface area contributed by atoms with Crippen LogP contribution in [0.3, 0.4) is 0 Å². The maximum Gasteiger partial charge on any atom is 0.326 e. The molecule has 2 heterocycles. The van der Waals surface area contributed by atoms with Crippen LogP contribution in [0, 0.1) is 5.82 Å². The third-order valence-corrected chi connectivity index (χ3v) is 3.78. The van der Waals surface area contributed by atoms with Crippen molar-refractivity contribution < 1.29 is 14.3 Å². The third-order valence-electron chi connectivity index (χ3n) is 3.78. The van der Waals surface area contributed by atoms with Gasteiger partial charge in [0.05, 0.1) is 5.52 Å². The van der Waals surface area contributed by atoms with E-state index >= 15 is 0 Å². The van der Waals surface area contributed by atoms with Gasteiger partial charge in [-0.3, -0.25) is 4.98 Å². The molecular formula is C15H15FN2O2. The van der Waals surface area contributed by atoms with Crippen molar-refractivity contribution in [3.05, 3.63) is 36.3 Å². The summed E-state index contributed by atoms with van der Waals surface area (Å²) in [6.07, 6.45) is 4.12. The molecule has 104 valence electrons. The number of carbonyl (C=O) groups is 1. The normalized spacial score (nSPS) is 19.2. The zero-order valence-corrected chi connectivity index (χ0v) is 10.9. The molecule has 1 unspecified atom stereocenters. The summed E-state index contributed by atoms with van der Waals surface area (Å²) >= 11 is 0. The zero-order valence-electron chi connectivity index (χ0n) is 10.9. The summed E-state index contributed by atoms with van der Waals surface area (Å²) in [5.41, 5.74) is 1.43. The topological polar surface area (TPSA) is 53.4 Å². The lowest BCUT2D eigenvalue weighted by Crippen LogP contribution is -2.44. The van der Waals surface area contributed by atoms with Gasteiger partial charge in [-0.15, -0.1) is 0 Å². The molecule has 1 aromatic heterocycles. The van der Waals surface area contributed by atoms with E-state index < -0.39 is 12.0 Å². The van der Waals surface area contributed by atoms with E-state index in [0.29, 0.717) is 23.9 Å². The first kappa shape index (κ1) is 12.8. The van der Waals surface area contributed by atoms with Gasteiger partial charge in [0.25, 0.3) is 0 Å². The van der Waals surface area contributed by atoms with Gasteiger partial charge in [-0.2, -0.15) is 0 Å². The van der Waals surface area contributed by atoms with Crippen molar-refractivity contribution in [1.82, 2.24) is 4.98 Å². The van der Waals surface area contributed by atoms with Crippen molar-refractivity contribution in [2.75, 3.05) is 11.4 Å². The lowest BCUT2D eigenvalue weighted by Gasteiger charge is -2.35. The molecule has 0 radical (unpaired) electrons. The van der Waals surface area contributed by atoms with Crippen LogP contribution in [0.5, 0.6) is 0 Å². The number of hydrogen-bond acceptors (Lipinski definition) is 3. The van der Waals surface area contributed by atoms with Crippen molar-refractivity contribution in [3.63, 3.8) is 0 Å². The Bertz CT molecular complexity index is 659. The van der Waals surface area contributed by atoms with Gasteiger partial charge in [0, 0.05) is 23.8 Å². The highest BCUT2D eigenvalue weighted by atomic mass is 19.1. The molecule has 0 aliphatic carbocycles. The highest BCUT2D eigenvalue weighted by Crippen LogP contribution is 2.31. The van der Waals surface area contributed by atoms with Gasteiger partial charge >= 0.3 is 5.97 Å². The molecule has 1 aliphatic rings. The van der Waals surface area contributed by atoms with E-state index in [-0.39, 0.29) is 5.82 Å². The van der Waals surface area contributed by atoms with Crippen molar-refractivity contribution in [3.8, 4) is 0 Å². The molecule has 2 aromatic rings. The van der Waals surface area contributed by atoms with Crippen LogP contribution in [0.4, 0.5) is 10.1 Å². The molecule has 0 saturated carbocycles. The second-order valence-electron chi connectivity index (χ2n) is 5.03. The number of carboxylic acids is 1. The largest absolute Gasteiger partial charge is 0.480 e. The number of aliphatic carboxylic acids is 1. The average Bonchev–Trinajstić information content (AvgIpc) is 2.46. The fourth-order valence-corrected chi connectivity index (χ4v) is 2.83. The van der Waals surface area contributed by atoms with E-state index in [4.69, 9.17) is 0 Å². The Hall–Kier alpha value is -2.17. The Morgan fingerprint density at radius 3 is 3.00 bits per heavy atom. The molecular weight excluding hydrogens is 259 g/mol. The fraction of sp³-hybridized carbons (Fsp3) is 0.333. The van der Waals surface area contributed by atoms with Gasteiger partial charge < -0.3 is 10.0 Å². The molecule has 20 heavy (non-hydrogen) atoms. The number of hydrogen-bond donors (Lipinski definition) is 1. The average molecular weight is 274 g/mol. The van der Waals surface area contributed by atoms with Crippen LogP contribution in [-0.4, -0.2) is 28.6 Å². The third kappa shape index (κ3) is 2.19. The molecule has 0 amide bonds. The maximum absolute atomic E-state index is 13.5. The maximum atomic E-state index is 13.5. The standard InChI is InChI=1S/C15H15FN2O2/c16-10-4-5-12-11(9-10)13(6-7-17-12)18-8-2-1-3-14(18)15(19)20/h4-7,9,14H,1-3,8H2,(H,19,20). The number of fused-ring (bicyclic) bond motifs is 1. The van der Waals surface area contributed by atoms with E-state index in [1.165, 1.54) is 12.1 Å². The quantitative estimate of drug-likeness (QED) is 0.915. The first-order chi connectivity index (χ1) is 9.66. The predicted molar refractivity (Wildman–Crippen MR) is 74.3 cm³/mol. The highest BCUT2D eigenvalue weighted by Gasteiger charge is 2.29. The number of piperidine rings is 1. The van der Waals surface area contributed by atoms with Crippen LogP contribution in [0.25, 0.3) is 10.9 Å². The molecule has 4 nitrogen and oxygen atoms in total. The van der Waals surface area contributed by atoms with Gasteiger partial charge in [0.15, 0.2) is 0 Å². The van der Waals surface area contributed by atoms with Crippen LogP contribution in [-0.2, 0) is 4.79 Å². The lowest BCUT2D eigenvalue weighted by molar-refractivity contribution is -0.139. The number of carboxylic acid groups (broad SMARTS) is 1. The first-order valence-corrected chi connectivity index (χ1v) is 6.70. The molecule has 1 aromatic carbocycles. The summed E-state index contributed by atoms with van der Waals surface area (Å²) in [5, 5.41) is 10.0. The molecule has 1 saturated heterocycles. The number of halogens is 1. The summed E-state index contributed by atoms with van der Waals surface area (Å²) in [6, 6.07) is 5.63. The van der Waals surface area contributed by atoms with E-state index in [1.807, 2.05) is 4.90 Å². The Labute approximate surface area is 115 Å². The summed E-state index contributed by atoms with van der Waals surface area (Å²) in [5.74, 6) is -1.17. The van der Waals surface area contributed by atoms with Crippen molar-refractivity contribution >= 4 is 22.6 Å². The molecule has 1 atom stereocenters. The van der Waals surface area contributed by atoms with Gasteiger partial charge in [-0.25, -0.2) is 9.18 Å². The monoisotopic (exact) mass is 274 g/mol. The van der Waals surface area contributed by atoms with E-state index in [9.17, 15) is 14.3 Å². The van der Waals surface area contributed by atoms with E-state index in [2.05, 4.69) is 4.98 Å². The molecule has 1 aliphatic heterocycles. The minimum Gasteiger partial charge on any atom is -0.480 e. The van der Waals surface area contributed by atoms with Crippen LogP contribution >= 0.6 is 0 Å². The van der Waals surface area contributed by atoms with Gasteiger partial charge in [0.1, 0.15) is 11.9 Å². The van der Waals surface area contributed by atoms with Gasteiger partial charge in [-0.05, 0) is 43.5 Å². The number of nitrogens with zero attached hydrogens (tertiary/aromatic N) is 2. The van der Waals surface area contributed by atoms with E-state index in [1.54, 1.807) is 18.3 Å². The molecule has 3 rings (SSSR count). The van der Waals surface area contributed by atoms with Crippen molar-refractivity contribution in [2.45, 2.75) is 25.3 Å². The Balaban J connectivity index is 2.12. The SMILES string of the molecule is O=C(O)C1CCCCN1c1ccnc2ccc(F)cc12. The van der Waals surface area contributed by atoms with Gasteiger partial charge in [0.2, 0.25) is 0 Å². The minimum atomic E-state index is -0.828. The Morgan fingerprint density at radius 1 is 1.35 bits per heavy atom. The Morgan fingerprint density at radius 2 is 2.20 bits per heavy atom. The number of pyridine rings is 1. The Kier molecular flexibility index (Phi) is 3.26. The molecule has 1 fully saturated rings. The number of rotatable bonds is 2. The van der Waals surface area contributed by atoms with Crippen LogP contribution in [0.15, 0.2) is 30.5 Å². The number of benzene rings is 1. The van der Waals surface area contributed by atoms with Crippen LogP contribution < -0.4 is 4.90 Å². The predicted octanol–water partition coefficient (Wildman–Crippen LogP) is 2.82. The number of anilines is 1. The molecule has 5 heteroatoms. The lowest BCUT2D eigenvalue weighted by atomic mass is 10.0. The van der Waals surface area contributed by atoms with Crippen molar-refractivity contribution in [1.29, 1.82) is 0 Å². The summed E-state index contributed by atoms with van der Waals surface area (Å²) in [6.45, 7) is 0.673. The number of aromatic nitrogens is 1. The van der Waals surface area contributed by atoms with E-state index in [0.717, 1.165) is 18.5 Å². The summed E-state index contributed by atoms with van der Waals surface area (Å²) in [7, 11) is 0. The fourth-order valence-electron chi connectivity index (χ4n) is 2.83. The molecule has 1 N–H and O–H groups in total. The van der Waals surface area contributed by atoms with Crippen LogP contribution in [0.2, 0.25) is 0 Å². The van der Waals surface area contributed by atoms with Gasteiger partial charge in [-0.1, -0.05) is 0 Å². The molecule has 0 spiro atoms. The zero-order chi connectivity index (χ0) is 14.1. The minimum absolute atomic E-state index is 0.337. The first-order valence-electron chi connectivity index (χ1n) is 6.70. The summed E-state index contributed by atoms with van der Waals surface area (Å²) in [4.78, 5) is 17.5. The highest BCUT2D eigenvalue weighted by molar-refractivity contribution is 5.93.